The van der Waals surface area contributed by atoms with Gasteiger partial charge >= 0.3 is 12.1 Å². The molecule has 1 rings (SSSR count). The molecule has 0 radical (unpaired) electrons. The number of rotatable bonds is 3. The number of hydrogen-bond donors (Lipinski definition) is 3. The van der Waals surface area contributed by atoms with Gasteiger partial charge in [0.1, 0.15) is 5.60 Å². The molecule has 6 nitrogen and oxygen atoms in total. The zero-order chi connectivity index (χ0) is 14.8. The summed E-state index contributed by atoms with van der Waals surface area (Å²) in [6.07, 6.45) is -0.407. The topological polar surface area (TPSA) is 95.9 Å². The van der Waals surface area contributed by atoms with Crippen molar-refractivity contribution in [1.82, 2.24) is 5.32 Å². The van der Waals surface area contributed by atoms with Crippen LogP contribution in [0, 0.1) is 5.41 Å². The molecule has 3 N–H and O–H groups in total. The number of alkyl carbamates (subject to hydrolysis) is 1. The highest BCUT2D eigenvalue weighted by Gasteiger charge is 2.49. The summed E-state index contributed by atoms with van der Waals surface area (Å²) in [5, 5.41) is 21.6. The fourth-order valence-electron chi connectivity index (χ4n) is 2.43. The summed E-state index contributed by atoms with van der Waals surface area (Å²) in [6, 6.07) is -0.277. The maximum absolute atomic E-state index is 11.6. The van der Waals surface area contributed by atoms with Gasteiger partial charge in [0, 0.05) is 6.04 Å². The molecule has 6 heteroatoms. The van der Waals surface area contributed by atoms with Crippen LogP contribution in [0.1, 0.15) is 47.0 Å². The summed E-state index contributed by atoms with van der Waals surface area (Å²) in [7, 11) is 0. The number of aliphatic hydroxyl groups excluding tert-OH is 1. The first-order valence-electron chi connectivity index (χ1n) is 6.48. The summed E-state index contributed by atoms with van der Waals surface area (Å²) >= 11 is 0. The lowest BCUT2D eigenvalue weighted by molar-refractivity contribution is -0.155. The Morgan fingerprint density at radius 2 is 2.00 bits per heavy atom. The Morgan fingerprint density at radius 3 is 2.37 bits per heavy atom. The van der Waals surface area contributed by atoms with Crippen LogP contribution >= 0.6 is 0 Å². The van der Waals surface area contributed by atoms with Gasteiger partial charge in [0.25, 0.3) is 0 Å². The third-order valence-corrected chi connectivity index (χ3v) is 3.50. The van der Waals surface area contributed by atoms with Crippen LogP contribution in [0.2, 0.25) is 0 Å². The minimum Gasteiger partial charge on any atom is -0.481 e. The Morgan fingerprint density at radius 1 is 1.42 bits per heavy atom. The van der Waals surface area contributed by atoms with Gasteiger partial charge in [-0.2, -0.15) is 0 Å². The number of carboxylic acid groups (broad SMARTS) is 1. The molecular formula is C13H23NO5. The van der Waals surface area contributed by atoms with Crippen molar-refractivity contribution >= 4 is 12.1 Å². The first-order chi connectivity index (χ1) is 8.57. The summed E-state index contributed by atoms with van der Waals surface area (Å²) in [5.74, 6) is -1.02. The molecule has 3 unspecified atom stereocenters. The van der Waals surface area contributed by atoms with Crippen LogP contribution in [-0.4, -0.2) is 40.0 Å². The van der Waals surface area contributed by atoms with E-state index in [1.807, 2.05) is 0 Å². The molecule has 0 bridgehead atoms. The summed E-state index contributed by atoms with van der Waals surface area (Å²) in [6.45, 7) is 6.76. The maximum atomic E-state index is 11.6. The fraction of sp³-hybridized carbons (Fsp3) is 0.846. The molecule has 0 saturated heterocycles. The van der Waals surface area contributed by atoms with Gasteiger partial charge in [-0.15, -0.1) is 0 Å². The van der Waals surface area contributed by atoms with E-state index in [0.29, 0.717) is 12.8 Å². The lowest BCUT2D eigenvalue weighted by atomic mass is 9.81. The molecule has 1 aliphatic carbocycles. The third-order valence-electron chi connectivity index (χ3n) is 3.50. The fourth-order valence-corrected chi connectivity index (χ4v) is 2.43. The smallest absolute Gasteiger partial charge is 0.407 e. The lowest BCUT2D eigenvalue weighted by Crippen LogP contribution is -2.42. The van der Waals surface area contributed by atoms with Crippen LogP contribution in [0.15, 0.2) is 0 Å². The average molecular weight is 273 g/mol. The molecule has 1 fully saturated rings. The first kappa shape index (κ1) is 15.8. The molecule has 19 heavy (non-hydrogen) atoms. The van der Waals surface area contributed by atoms with Gasteiger partial charge in [-0.1, -0.05) is 0 Å². The van der Waals surface area contributed by atoms with Gasteiger partial charge in [0.2, 0.25) is 0 Å². The van der Waals surface area contributed by atoms with Crippen molar-refractivity contribution < 1.29 is 24.5 Å². The van der Waals surface area contributed by atoms with Gasteiger partial charge in [-0.3, -0.25) is 4.79 Å². The van der Waals surface area contributed by atoms with E-state index in [1.165, 1.54) is 6.92 Å². The van der Waals surface area contributed by atoms with Crippen LogP contribution in [0.4, 0.5) is 4.79 Å². The molecule has 0 aromatic heterocycles. The second kappa shape index (κ2) is 5.36. The van der Waals surface area contributed by atoms with E-state index in [1.54, 1.807) is 20.8 Å². The number of carbonyl (C=O) groups excluding carboxylic acids is 1. The Balaban J connectivity index is 2.61. The van der Waals surface area contributed by atoms with E-state index < -0.39 is 29.2 Å². The van der Waals surface area contributed by atoms with Gasteiger partial charge in [0.15, 0.2) is 0 Å². The molecule has 1 amide bonds. The maximum Gasteiger partial charge on any atom is 0.407 e. The number of aliphatic hydroxyl groups is 1. The van der Waals surface area contributed by atoms with E-state index >= 15 is 0 Å². The normalized spacial score (nSPS) is 28.8. The number of carboxylic acids is 1. The zero-order valence-corrected chi connectivity index (χ0v) is 11.9. The van der Waals surface area contributed by atoms with Gasteiger partial charge < -0.3 is 20.3 Å². The molecule has 3 atom stereocenters. The highest BCUT2D eigenvalue weighted by atomic mass is 16.6. The summed E-state index contributed by atoms with van der Waals surface area (Å²) in [5.41, 5.74) is -1.75. The molecule has 0 heterocycles. The number of nitrogens with one attached hydrogen (secondary N) is 1. The molecule has 0 aliphatic heterocycles. The standard InChI is InChI=1S/C13H23NO5/c1-8(15)13(10(16)17)6-5-9(7-13)14-11(18)19-12(2,3)4/h8-9,15H,5-7H2,1-4H3,(H,14,18)(H,16,17). The van der Waals surface area contributed by atoms with Crippen molar-refractivity contribution in [3.8, 4) is 0 Å². The Bertz CT molecular complexity index is 361. The zero-order valence-electron chi connectivity index (χ0n) is 11.9. The second-order valence-corrected chi connectivity index (χ2v) is 6.22. The van der Waals surface area contributed by atoms with Crippen molar-refractivity contribution in [2.24, 2.45) is 5.41 Å². The van der Waals surface area contributed by atoms with Crippen molar-refractivity contribution in [1.29, 1.82) is 0 Å². The van der Waals surface area contributed by atoms with Crippen molar-refractivity contribution in [2.75, 3.05) is 0 Å². The first-order valence-corrected chi connectivity index (χ1v) is 6.48. The Hall–Kier alpha value is -1.30. The Labute approximate surface area is 113 Å². The van der Waals surface area contributed by atoms with Gasteiger partial charge in [-0.05, 0) is 47.0 Å². The predicted octanol–water partition coefficient (Wildman–Crippen LogP) is 1.52. The van der Waals surface area contributed by atoms with E-state index in [9.17, 15) is 19.8 Å². The monoisotopic (exact) mass is 273 g/mol. The minimum absolute atomic E-state index is 0.221. The van der Waals surface area contributed by atoms with E-state index in [0.717, 1.165) is 0 Å². The molecule has 0 aromatic rings. The molecular weight excluding hydrogens is 250 g/mol. The van der Waals surface area contributed by atoms with Crippen LogP contribution < -0.4 is 5.32 Å². The summed E-state index contributed by atoms with van der Waals surface area (Å²) in [4.78, 5) is 22.9. The van der Waals surface area contributed by atoms with Crippen molar-refractivity contribution in [3.63, 3.8) is 0 Å². The van der Waals surface area contributed by atoms with Crippen molar-refractivity contribution in [2.45, 2.75) is 64.7 Å². The quantitative estimate of drug-likeness (QED) is 0.724. The number of carbonyl (C=O) groups is 2. The van der Waals surface area contributed by atoms with E-state index in [-0.39, 0.29) is 12.5 Å². The van der Waals surface area contributed by atoms with Crippen LogP contribution in [0.5, 0.6) is 0 Å². The van der Waals surface area contributed by atoms with Crippen LogP contribution in [-0.2, 0) is 9.53 Å². The second-order valence-electron chi connectivity index (χ2n) is 6.22. The van der Waals surface area contributed by atoms with Gasteiger partial charge in [-0.25, -0.2) is 4.79 Å². The number of amides is 1. The average Bonchev–Trinajstić information content (AvgIpc) is 2.59. The number of hydrogen-bond acceptors (Lipinski definition) is 4. The minimum atomic E-state index is -1.17. The van der Waals surface area contributed by atoms with E-state index in [2.05, 4.69) is 5.32 Å². The predicted molar refractivity (Wildman–Crippen MR) is 68.8 cm³/mol. The molecule has 0 aromatic carbocycles. The van der Waals surface area contributed by atoms with E-state index in [4.69, 9.17) is 4.74 Å². The SMILES string of the molecule is CC(O)C1(C(=O)O)CCC(NC(=O)OC(C)(C)C)C1. The van der Waals surface area contributed by atoms with Gasteiger partial charge in [0.05, 0.1) is 11.5 Å². The number of ether oxygens (including phenoxy) is 1. The molecule has 0 spiro atoms. The molecule has 1 aliphatic rings. The van der Waals surface area contributed by atoms with Crippen LogP contribution in [0.3, 0.4) is 0 Å². The highest BCUT2D eigenvalue weighted by Crippen LogP contribution is 2.41. The summed E-state index contributed by atoms with van der Waals surface area (Å²) < 4.78 is 5.13. The Kier molecular flexibility index (Phi) is 4.45. The number of aliphatic carboxylic acids is 1. The largest absolute Gasteiger partial charge is 0.481 e. The third kappa shape index (κ3) is 3.83. The van der Waals surface area contributed by atoms with Crippen LogP contribution in [0.25, 0.3) is 0 Å². The molecule has 1 saturated carbocycles. The van der Waals surface area contributed by atoms with Crippen molar-refractivity contribution in [3.05, 3.63) is 0 Å². The highest BCUT2D eigenvalue weighted by molar-refractivity contribution is 5.76. The lowest BCUT2D eigenvalue weighted by Gasteiger charge is -2.27. The molecule has 110 valence electrons.